The third kappa shape index (κ3) is 5.35. The fraction of sp³-hybridized carbons (Fsp3) is 0.214. The maximum atomic E-state index is 13.8. The summed E-state index contributed by atoms with van der Waals surface area (Å²) in [6.07, 6.45) is 1.71. The van der Waals surface area contributed by atoms with E-state index < -0.39 is 26.1 Å². The predicted octanol–water partition coefficient (Wildman–Crippen LogP) is 3.27. The summed E-state index contributed by atoms with van der Waals surface area (Å²) >= 11 is 0. The minimum Gasteiger partial charge on any atom is -0.384 e. The van der Waals surface area contributed by atoms with E-state index in [9.17, 15) is 18.0 Å². The van der Waals surface area contributed by atoms with Crippen LogP contribution in [0.15, 0.2) is 98.5 Å². The van der Waals surface area contributed by atoms with Gasteiger partial charge in [0.05, 0.1) is 17.1 Å². The Labute approximate surface area is 220 Å². The van der Waals surface area contributed by atoms with Gasteiger partial charge in [0.2, 0.25) is 9.84 Å². The SMILES string of the molecule is CC(C)Cn1c(N)c(C(=NCc2ccc(-c3ccccn3)cc2)S(=O)(=O)c2ccccc2)c(=O)n(C)c1=O. The Morgan fingerprint density at radius 1 is 0.974 bits per heavy atom. The minimum atomic E-state index is -4.26. The summed E-state index contributed by atoms with van der Waals surface area (Å²) < 4.78 is 29.7. The van der Waals surface area contributed by atoms with Crippen LogP contribution >= 0.6 is 0 Å². The van der Waals surface area contributed by atoms with E-state index in [2.05, 4.69) is 9.98 Å². The number of aliphatic imine (C=N–C) groups is 1. The number of sulfone groups is 1. The molecule has 0 saturated heterocycles. The lowest BCUT2D eigenvalue weighted by molar-refractivity contribution is 0.493. The topological polar surface area (TPSA) is 129 Å². The monoisotopic (exact) mass is 531 g/mol. The number of nitrogen functional groups attached to an aromatic ring is 1. The highest BCUT2D eigenvalue weighted by Gasteiger charge is 2.31. The quantitative estimate of drug-likeness (QED) is 0.288. The highest BCUT2D eigenvalue weighted by Crippen LogP contribution is 2.21. The maximum absolute atomic E-state index is 13.8. The molecule has 2 aromatic heterocycles. The molecule has 2 N–H and O–H groups in total. The number of nitrogens with two attached hydrogens (primary N) is 1. The van der Waals surface area contributed by atoms with Crippen molar-refractivity contribution in [1.29, 1.82) is 0 Å². The molecular weight excluding hydrogens is 502 g/mol. The van der Waals surface area contributed by atoms with Crippen LogP contribution in [-0.4, -0.2) is 27.6 Å². The first kappa shape index (κ1) is 26.7. The molecule has 0 unspecified atom stereocenters. The van der Waals surface area contributed by atoms with Crippen LogP contribution in [0.1, 0.15) is 25.0 Å². The smallest absolute Gasteiger partial charge is 0.332 e. The molecule has 2 aromatic carbocycles. The first-order valence-electron chi connectivity index (χ1n) is 12.1. The molecular formula is C28H29N5O4S. The molecule has 0 saturated carbocycles. The van der Waals surface area contributed by atoms with Gasteiger partial charge in [-0.2, -0.15) is 0 Å². The standard InChI is InChI=1S/C28H29N5O4S/c1-19(2)18-33-25(29)24(27(34)32(3)28(33)35)26(38(36,37)22-9-5-4-6-10-22)31-17-20-12-14-21(15-13-20)23-11-7-8-16-30-23/h4-16,19H,17-18,29H2,1-3H3. The van der Waals surface area contributed by atoms with E-state index in [1.807, 2.05) is 56.3 Å². The second-order valence-electron chi connectivity index (χ2n) is 9.26. The van der Waals surface area contributed by atoms with Gasteiger partial charge in [0.25, 0.3) is 5.56 Å². The van der Waals surface area contributed by atoms with E-state index in [4.69, 9.17) is 5.73 Å². The molecule has 38 heavy (non-hydrogen) atoms. The van der Waals surface area contributed by atoms with Crippen molar-refractivity contribution < 1.29 is 8.42 Å². The van der Waals surface area contributed by atoms with Gasteiger partial charge in [-0.25, -0.2) is 13.2 Å². The number of nitrogens with zero attached hydrogens (tertiary/aromatic N) is 4. The number of anilines is 1. The molecule has 4 aromatic rings. The van der Waals surface area contributed by atoms with E-state index >= 15 is 0 Å². The van der Waals surface area contributed by atoms with Crippen molar-refractivity contribution in [1.82, 2.24) is 14.1 Å². The van der Waals surface area contributed by atoms with Gasteiger partial charge < -0.3 is 5.73 Å². The minimum absolute atomic E-state index is 0.0177. The average Bonchev–Trinajstić information content (AvgIpc) is 2.93. The van der Waals surface area contributed by atoms with Gasteiger partial charge in [-0.3, -0.25) is 23.9 Å². The molecule has 0 bridgehead atoms. The van der Waals surface area contributed by atoms with Crippen molar-refractivity contribution in [2.45, 2.75) is 31.8 Å². The zero-order chi connectivity index (χ0) is 27.4. The second-order valence-corrected chi connectivity index (χ2v) is 11.1. The number of benzene rings is 2. The van der Waals surface area contributed by atoms with Gasteiger partial charge >= 0.3 is 5.69 Å². The van der Waals surface area contributed by atoms with Crippen LogP contribution < -0.4 is 17.0 Å². The van der Waals surface area contributed by atoms with Gasteiger partial charge in [0.15, 0.2) is 5.04 Å². The zero-order valence-corrected chi connectivity index (χ0v) is 22.2. The summed E-state index contributed by atoms with van der Waals surface area (Å²) in [5, 5.41) is -0.479. The molecule has 0 radical (unpaired) electrons. The zero-order valence-electron chi connectivity index (χ0n) is 21.4. The normalized spacial score (nSPS) is 12.2. The van der Waals surface area contributed by atoms with Crippen LogP contribution in [0.25, 0.3) is 11.3 Å². The molecule has 10 heteroatoms. The van der Waals surface area contributed by atoms with Crippen molar-refractivity contribution in [2.24, 2.45) is 18.0 Å². The van der Waals surface area contributed by atoms with Gasteiger partial charge in [0, 0.05) is 25.4 Å². The Balaban J connectivity index is 1.87. The summed E-state index contributed by atoms with van der Waals surface area (Å²) in [6, 6.07) is 20.7. The van der Waals surface area contributed by atoms with Crippen LogP contribution in [0.5, 0.6) is 0 Å². The number of aromatic nitrogens is 3. The lowest BCUT2D eigenvalue weighted by Gasteiger charge is -2.18. The molecule has 9 nitrogen and oxygen atoms in total. The second kappa shape index (κ2) is 11.0. The molecule has 0 aliphatic rings. The van der Waals surface area contributed by atoms with Crippen LogP contribution in [0.2, 0.25) is 0 Å². The number of hydrogen-bond acceptors (Lipinski definition) is 7. The van der Waals surface area contributed by atoms with Crippen molar-refractivity contribution in [3.63, 3.8) is 0 Å². The van der Waals surface area contributed by atoms with Gasteiger partial charge in [-0.1, -0.05) is 62.4 Å². The van der Waals surface area contributed by atoms with Crippen LogP contribution in [-0.2, 0) is 30.0 Å². The summed E-state index contributed by atoms with van der Waals surface area (Å²) in [6.45, 7) is 3.96. The molecule has 0 atom stereocenters. The van der Waals surface area contributed by atoms with Crippen molar-refractivity contribution in [3.05, 3.63) is 111 Å². The summed E-state index contributed by atoms with van der Waals surface area (Å²) in [5.41, 5.74) is 6.99. The van der Waals surface area contributed by atoms with E-state index in [0.29, 0.717) is 0 Å². The summed E-state index contributed by atoms with van der Waals surface area (Å²) in [4.78, 5) is 34.9. The van der Waals surface area contributed by atoms with E-state index in [-0.39, 0.29) is 35.3 Å². The molecule has 196 valence electrons. The third-order valence-electron chi connectivity index (χ3n) is 5.97. The number of pyridine rings is 1. The third-order valence-corrected chi connectivity index (χ3v) is 7.71. The van der Waals surface area contributed by atoms with Crippen LogP contribution in [0.3, 0.4) is 0 Å². The summed E-state index contributed by atoms with van der Waals surface area (Å²) in [5.74, 6) is -0.209. The fourth-order valence-electron chi connectivity index (χ4n) is 4.01. The van der Waals surface area contributed by atoms with E-state index in [0.717, 1.165) is 21.4 Å². The molecule has 0 aliphatic heterocycles. The van der Waals surface area contributed by atoms with E-state index in [1.165, 1.54) is 23.7 Å². The largest absolute Gasteiger partial charge is 0.384 e. The van der Waals surface area contributed by atoms with Crippen LogP contribution in [0, 0.1) is 5.92 Å². The highest BCUT2D eigenvalue weighted by molar-refractivity contribution is 8.07. The van der Waals surface area contributed by atoms with Gasteiger partial charge in [-0.15, -0.1) is 0 Å². The lowest BCUT2D eigenvalue weighted by atomic mass is 10.1. The Kier molecular flexibility index (Phi) is 7.72. The highest BCUT2D eigenvalue weighted by atomic mass is 32.2. The maximum Gasteiger partial charge on any atom is 0.332 e. The van der Waals surface area contributed by atoms with Gasteiger partial charge in [0.1, 0.15) is 11.4 Å². The fourth-order valence-corrected chi connectivity index (χ4v) is 5.45. The van der Waals surface area contributed by atoms with Crippen molar-refractivity contribution in [3.8, 4) is 11.3 Å². The molecule has 0 aliphatic carbocycles. The molecule has 0 spiro atoms. The van der Waals surface area contributed by atoms with Crippen LogP contribution in [0.4, 0.5) is 5.82 Å². The molecule has 4 rings (SSSR count). The Morgan fingerprint density at radius 3 is 2.24 bits per heavy atom. The summed E-state index contributed by atoms with van der Waals surface area (Å²) in [7, 11) is -2.96. The predicted molar refractivity (Wildman–Crippen MR) is 149 cm³/mol. The van der Waals surface area contributed by atoms with Crippen molar-refractivity contribution in [2.75, 3.05) is 5.73 Å². The van der Waals surface area contributed by atoms with Gasteiger partial charge in [-0.05, 0) is 35.7 Å². The Morgan fingerprint density at radius 2 is 1.63 bits per heavy atom. The molecule has 0 amide bonds. The first-order chi connectivity index (χ1) is 18.1. The number of rotatable bonds is 7. The Bertz CT molecular complexity index is 1690. The number of hydrogen-bond donors (Lipinski definition) is 1. The average molecular weight is 532 g/mol. The molecule has 0 fully saturated rings. The van der Waals surface area contributed by atoms with E-state index in [1.54, 1.807) is 24.4 Å². The van der Waals surface area contributed by atoms with Crippen molar-refractivity contribution >= 4 is 20.7 Å². The first-order valence-corrected chi connectivity index (χ1v) is 13.5. The lowest BCUT2D eigenvalue weighted by Crippen LogP contribution is -2.44. The Hall–Kier alpha value is -4.31. The molecule has 2 heterocycles.